The summed E-state index contributed by atoms with van der Waals surface area (Å²) in [4.78, 5) is 0.962. The van der Waals surface area contributed by atoms with Gasteiger partial charge < -0.3 is 5.11 Å². The zero-order chi connectivity index (χ0) is 16.4. The van der Waals surface area contributed by atoms with Gasteiger partial charge in [0.25, 0.3) is 11.3 Å². The van der Waals surface area contributed by atoms with Gasteiger partial charge >= 0.3 is 0 Å². The number of para-hydroxylation sites is 1. The predicted octanol–water partition coefficient (Wildman–Crippen LogP) is 4.70. The van der Waals surface area contributed by atoms with E-state index in [4.69, 9.17) is 0 Å². The molecule has 0 amide bonds. The summed E-state index contributed by atoms with van der Waals surface area (Å²) in [6.07, 6.45) is 0. The van der Waals surface area contributed by atoms with Crippen molar-refractivity contribution in [3.05, 3.63) is 65.5 Å². The quantitative estimate of drug-likeness (QED) is 0.674. The molecule has 0 fully saturated rings. The Labute approximate surface area is 141 Å². The largest absolute Gasteiger partial charge is 0.508 e. The maximum atomic E-state index is 11.9. The number of anilines is 2. The first-order valence-electron chi connectivity index (χ1n) is 6.91. The molecule has 0 aliphatic carbocycles. The van der Waals surface area contributed by atoms with Gasteiger partial charge in [0, 0.05) is 10.3 Å². The first-order chi connectivity index (χ1) is 11.1. The third-order valence-electron chi connectivity index (χ3n) is 3.46. The Balaban J connectivity index is 2.01. The van der Waals surface area contributed by atoms with E-state index in [0.717, 1.165) is 16.0 Å². The molecule has 3 aromatic rings. The summed E-state index contributed by atoms with van der Waals surface area (Å²) in [5.41, 5.74) is 3.23. The number of hydrogen-bond acceptors (Lipinski definition) is 3. The number of benzene rings is 2. The molecule has 0 saturated heterocycles. The minimum Gasteiger partial charge on any atom is -0.508 e. The second kappa shape index (κ2) is 6.54. The monoisotopic (exact) mass is 345 g/mol. The van der Waals surface area contributed by atoms with Gasteiger partial charge in [-0.1, -0.05) is 18.2 Å². The van der Waals surface area contributed by atoms with Gasteiger partial charge in [-0.3, -0.25) is 4.55 Å². The van der Waals surface area contributed by atoms with Gasteiger partial charge in [-0.05, 0) is 54.4 Å². The van der Waals surface area contributed by atoms with Crippen molar-refractivity contribution in [3.8, 4) is 16.2 Å². The van der Waals surface area contributed by atoms with Crippen LogP contribution in [0.4, 0.5) is 11.4 Å². The fourth-order valence-electron chi connectivity index (χ4n) is 2.31. The second-order valence-electron chi connectivity index (χ2n) is 5.03. The molecule has 2 N–H and O–H groups in total. The van der Waals surface area contributed by atoms with Crippen LogP contribution in [0.1, 0.15) is 5.56 Å². The number of nitrogens with zero attached hydrogens (tertiary/aromatic N) is 1. The van der Waals surface area contributed by atoms with Crippen LogP contribution in [0.15, 0.2) is 60.0 Å². The lowest BCUT2D eigenvalue weighted by Gasteiger charge is -2.20. The Kier molecular flexibility index (Phi) is 4.47. The fraction of sp³-hybridized carbons (Fsp3) is 0.0588. The highest BCUT2D eigenvalue weighted by atomic mass is 32.2. The highest BCUT2D eigenvalue weighted by Gasteiger charge is 2.18. The van der Waals surface area contributed by atoms with Crippen LogP contribution in [0.2, 0.25) is 0 Å². The molecule has 0 bridgehead atoms. The standard InChI is InChI=1S/C17H15NO3S2/c1-12-4-2-3-5-16(12)18(23(20)21)14-10-17(22-11-14)13-6-8-15(19)9-7-13/h2-11,19H,1H3,(H,20,21). The average Bonchev–Trinajstić information content (AvgIpc) is 2.99. The molecule has 1 atom stereocenters. The smallest absolute Gasteiger partial charge is 0.266 e. The van der Waals surface area contributed by atoms with Gasteiger partial charge in [0.15, 0.2) is 0 Å². The second-order valence-corrected chi connectivity index (χ2v) is 6.77. The molecule has 1 heterocycles. The lowest BCUT2D eigenvalue weighted by molar-refractivity contribution is 0.475. The molecular formula is C17H15NO3S2. The van der Waals surface area contributed by atoms with Gasteiger partial charge in [-0.2, -0.15) is 0 Å². The van der Waals surface area contributed by atoms with E-state index in [9.17, 15) is 13.9 Å². The van der Waals surface area contributed by atoms with E-state index in [1.54, 1.807) is 12.1 Å². The van der Waals surface area contributed by atoms with Crippen LogP contribution in [0.3, 0.4) is 0 Å². The third-order valence-corrected chi connectivity index (χ3v) is 5.15. The third kappa shape index (κ3) is 3.29. The number of rotatable bonds is 4. The number of thiophene rings is 1. The molecule has 2 aromatic carbocycles. The Hall–Kier alpha value is -2.15. The highest BCUT2D eigenvalue weighted by molar-refractivity contribution is 7.81. The molecule has 1 unspecified atom stereocenters. The molecule has 3 rings (SSSR count). The Morgan fingerprint density at radius 2 is 1.78 bits per heavy atom. The molecular weight excluding hydrogens is 330 g/mol. The number of phenolic OH excluding ortho intramolecular Hbond substituents is 1. The maximum absolute atomic E-state index is 11.9. The van der Waals surface area contributed by atoms with Crippen molar-refractivity contribution in [2.75, 3.05) is 4.31 Å². The van der Waals surface area contributed by atoms with Crippen LogP contribution in [-0.2, 0) is 11.3 Å². The summed E-state index contributed by atoms with van der Waals surface area (Å²) in [7, 11) is 0. The highest BCUT2D eigenvalue weighted by Crippen LogP contribution is 2.37. The lowest BCUT2D eigenvalue weighted by Crippen LogP contribution is -2.19. The molecule has 1 aromatic heterocycles. The minimum atomic E-state index is -2.16. The van der Waals surface area contributed by atoms with E-state index in [2.05, 4.69) is 0 Å². The molecule has 23 heavy (non-hydrogen) atoms. The number of aryl methyl sites for hydroxylation is 1. The fourth-order valence-corrected chi connectivity index (χ4v) is 3.92. The molecule has 0 radical (unpaired) electrons. The Morgan fingerprint density at radius 3 is 2.43 bits per heavy atom. The summed E-state index contributed by atoms with van der Waals surface area (Å²) in [5.74, 6) is 0.212. The van der Waals surface area contributed by atoms with Crippen molar-refractivity contribution in [3.63, 3.8) is 0 Å². The van der Waals surface area contributed by atoms with Crippen molar-refractivity contribution in [2.45, 2.75) is 6.92 Å². The SMILES string of the molecule is Cc1ccccc1N(c1csc(-c2ccc(O)cc2)c1)S(=O)O. The van der Waals surface area contributed by atoms with Gasteiger partial charge in [0.05, 0.1) is 11.4 Å². The van der Waals surface area contributed by atoms with Crippen molar-refractivity contribution in [2.24, 2.45) is 0 Å². The number of hydrogen-bond donors (Lipinski definition) is 2. The zero-order valence-electron chi connectivity index (χ0n) is 12.3. The van der Waals surface area contributed by atoms with Gasteiger partial charge in [-0.25, -0.2) is 8.51 Å². The topological polar surface area (TPSA) is 60.8 Å². The first kappa shape index (κ1) is 15.7. The van der Waals surface area contributed by atoms with Crippen LogP contribution in [0.25, 0.3) is 10.4 Å². The van der Waals surface area contributed by atoms with Crippen LogP contribution in [0.5, 0.6) is 5.75 Å². The summed E-state index contributed by atoms with van der Waals surface area (Å²) in [6, 6.07) is 16.2. The molecule has 6 heteroatoms. The van der Waals surface area contributed by atoms with Crippen molar-refractivity contribution in [1.29, 1.82) is 0 Å². The summed E-state index contributed by atoms with van der Waals surface area (Å²) in [5, 5.41) is 11.2. The van der Waals surface area contributed by atoms with Crippen LogP contribution in [0, 0.1) is 6.92 Å². The van der Waals surface area contributed by atoms with E-state index in [1.165, 1.54) is 15.6 Å². The lowest BCUT2D eigenvalue weighted by atomic mass is 10.1. The average molecular weight is 345 g/mol. The van der Waals surface area contributed by atoms with Crippen LogP contribution < -0.4 is 4.31 Å². The van der Waals surface area contributed by atoms with E-state index in [1.807, 2.05) is 54.8 Å². The van der Waals surface area contributed by atoms with E-state index in [0.29, 0.717) is 11.4 Å². The van der Waals surface area contributed by atoms with E-state index >= 15 is 0 Å². The normalized spacial score (nSPS) is 12.1. The van der Waals surface area contributed by atoms with Crippen molar-refractivity contribution in [1.82, 2.24) is 0 Å². The molecule has 0 aliphatic rings. The number of phenols is 1. The molecule has 0 saturated carbocycles. The molecule has 118 valence electrons. The minimum absolute atomic E-state index is 0.212. The Bertz CT molecular complexity index is 843. The predicted molar refractivity (Wildman–Crippen MR) is 95.5 cm³/mol. The first-order valence-corrected chi connectivity index (χ1v) is 8.85. The van der Waals surface area contributed by atoms with Gasteiger partial charge in [-0.15, -0.1) is 11.3 Å². The van der Waals surface area contributed by atoms with Crippen molar-refractivity contribution < 1.29 is 13.9 Å². The summed E-state index contributed by atoms with van der Waals surface area (Å²) >= 11 is -0.676. The molecule has 0 spiro atoms. The maximum Gasteiger partial charge on any atom is 0.266 e. The molecule has 0 aliphatic heterocycles. The Morgan fingerprint density at radius 1 is 1.09 bits per heavy atom. The number of aromatic hydroxyl groups is 1. The zero-order valence-corrected chi connectivity index (χ0v) is 14.0. The van der Waals surface area contributed by atoms with Crippen molar-refractivity contribution >= 4 is 34.0 Å². The van der Waals surface area contributed by atoms with Gasteiger partial charge in [0.1, 0.15) is 5.75 Å². The summed E-state index contributed by atoms with van der Waals surface area (Å²) in [6.45, 7) is 1.91. The van der Waals surface area contributed by atoms with Crippen LogP contribution >= 0.6 is 11.3 Å². The molecule has 4 nitrogen and oxygen atoms in total. The van der Waals surface area contributed by atoms with E-state index < -0.39 is 11.3 Å². The van der Waals surface area contributed by atoms with Gasteiger partial charge in [0.2, 0.25) is 0 Å². The summed E-state index contributed by atoms with van der Waals surface area (Å²) < 4.78 is 23.0. The van der Waals surface area contributed by atoms with E-state index in [-0.39, 0.29) is 5.75 Å². The van der Waals surface area contributed by atoms with Crippen LogP contribution in [-0.4, -0.2) is 13.9 Å².